The predicted molar refractivity (Wildman–Crippen MR) is 105 cm³/mol. The van der Waals surface area contributed by atoms with Gasteiger partial charge in [0.15, 0.2) is 0 Å². The third kappa shape index (κ3) is 4.09. The van der Waals surface area contributed by atoms with Crippen LogP contribution in [0.15, 0.2) is 36.7 Å². The molecule has 1 amide bonds. The fourth-order valence-corrected chi connectivity index (χ4v) is 3.61. The highest BCUT2D eigenvalue weighted by Gasteiger charge is 2.30. The lowest BCUT2D eigenvalue weighted by molar-refractivity contribution is 0.102. The number of fused-ring (bicyclic) bond motifs is 4. The summed E-state index contributed by atoms with van der Waals surface area (Å²) >= 11 is 5.85. The highest BCUT2D eigenvalue weighted by atomic mass is 35.5. The molecule has 0 unspecified atom stereocenters. The van der Waals surface area contributed by atoms with Crippen LogP contribution in [0.3, 0.4) is 0 Å². The van der Waals surface area contributed by atoms with Crippen LogP contribution in [0.5, 0.6) is 0 Å². The molecule has 0 spiro atoms. The van der Waals surface area contributed by atoms with Gasteiger partial charge < -0.3 is 15.1 Å². The van der Waals surface area contributed by atoms with Crippen molar-refractivity contribution in [2.24, 2.45) is 0 Å². The van der Waals surface area contributed by atoms with Gasteiger partial charge in [-0.15, -0.1) is 12.4 Å². The number of nitrogens with one attached hydrogen (secondary N) is 1. The van der Waals surface area contributed by atoms with Crippen molar-refractivity contribution < 1.29 is 4.79 Å². The second-order valence-electron chi connectivity index (χ2n) is 6.50. The van der Waals surface area contributed by atoms with Gasteiger partial charge in [-0.25, -0.2) is 9.97 Å². The molecule has 0 radical (unpaired) electrons. The zero-order chi connectivity index (χ0) is 17.2. The molecule has 5 rings (SSSR count). The largest absolute Gasteiger partial charge is 0.336 e. The molecule has 1 aromatic carbocycles. The Morgan fingerprint density at radius 1 is 1.04 bits per heavy atom. The van der Waals surface area contributed by atoms with Crippen LogP contribution in [0.25, 0.3) is 0 Å². The number of carbonyl (C=O) groups is 1. The summed E-state index contributed by atoms with van der Waals surface area (Å²) in [6.45, 7) is 4.35. The predicted octanol–water partition coefficient (Wildman–Crippen LogP) is 3.09. The summed E-state index contributed by atoms with van der Waals surface area (Å²) in [5.74, 6) is 0.549. The zero-order valence-electron chi connectivity index (χ0n) is 14.3. The van der Waals surface area contributed by atoms with E-state index in [-0.39, 0.29) is 18.3 Å². The number of hydrogen-bond donors (Lipinski definition) is 1. The number of amides is 1. The number of carbonyl (C=O) groups excluding carboxylic acids is 1. The molecule has 0 atom stereocenters. The van der Waals surface area contributed by atoms with E-state index in [1.54, 1.807) is 36.7 Å². The van der Waals surface area contributed by atoms with Crippen molar-refractivity contribution >= 4 is 41.6 Å². The van der Waals surface area contributed by atoms with Gasteiger partial charge in [0, 0.05) is 42.8 Å². The summed E-state index contributed by atoms with van der Waals surface area (Å²) in [7, 11) is 0. The van der Waals surface area contributed by atoms with Crippen molar-refractivity contribution in [3.05, 3.63) is 47.2 Å². The van der Waals surface area contributed by atoms with Crippen LogP contribution in [-0.4, -0.2) is 53.0 Å². The van der Waals surface area contributed by atoms with Gasteiger partial charge in [0.1, 0.15) is 0 Å². The summed E-state index contributed by atoms with van der Waals surface area (Å²) in [6, 6.07) is 7.29. The Balaban J connectivity index is 0.00000196. The smallest absolute Gasteiger partial charge is 0.255 e. The summed E-state index contributed by atoms with van der Waals surface area (Å²) in [6.07, 6.45) is 5.68. The number of halogens is 2. The van der Waals surface area contributed by atoms with Crippen molar-refractivity contribution in [3.63, 3.8) is 0 Å². The van der Waals surface area contributed by atoms with Gasteiger partial charge in [-0.3, -0.25) is 4.79 Å². The number of piperidine rings is 1. The van der Waals surface area contributed by atoms with E-state index in [9.17, 15) is 4.79 Å². The molecular weight excluding hydrogens is 373 g/mol. The Morgan fingerprint density at radius 3 is 2.35 bits per heavy atom. The number of nitrogens with zero attached hydrogens (tertiary/aromatic N) is 4. The molecule has 4 heterocycles. The molecule has 1 N–H and O–H groups in total. The fraction of sp³-hybridized carbons (Fsp3) is 0.389. The van der Waals surface area contributed by atoms with Crippen LogP contribution in [-0.2, 0) is 0 Å². The quantitative estimate of drug-likeness (QED) is 0.867. The molecule has 0 aliphatic carbocycles. The second kappa shape index (κ2) is 8.20. The molecule has 2 bridgehead atoms. The monoisotopic (exact) mass is 393 g/mol. The van der Waals surface area contributed by atoms with Gasteiger partial charge in [-0.05, 0) is 37.1 Å². The van der Waals surface area contributed by atoms with E-state index in [0.29, 0.717) is 22.3 Å². The molecule has 0 saturated carbocycles. The fourth-order valence-electron chi connectivity index (χ4n) is 3.49. The topological polar surface area (TPSA) is 61.4 Å². The molecule has 8 heteroatoms. The van der Waals surface area contributed by atoms with E-state index in [1.807, 2.05) is 0 Å². The van der Waals surface area contributed by atoms with E-state index in [0.717, 1.165) is 32.1 Å². The van der Waals surface area contributed by atoms with Crippen molar-refractivity contribution in [1.29, 1.82) is 0 Å². The number of hydrogen-bond acceptors (Lipinski definition) is 5. The van der Waals surface area contributed by atoms with Gasteiger partial charge in [-0.2, -0.15) is 0 Å². The Bertz CT molecular complexity index is 745. The van der Waals surface area contributed by atoms with E-state index >= 15 is 0 Å². The number of anilines is 2. The van der Waals surface area contributed by atoms with Gasteiger partial charge in [-0.1, -0.05) is 11.6 Å². The first-order chi connectivity index (χ1) is 12.2. The first-order valence-corrected chi connectivity index (χ1v) is 8.95. The number of benzene rings is 1. The van der Waals surface area contributed by atoms with Crippen molar-refractivity contribution in [3.8, 4) is 0 Å². The molecule has 6 nitrogen and oxygen atoms in total. The number of rotatable bonds is 3. The highest BCUT2D eigenvalue weighted by molar-refractivity contribution is 6.30. The van der Waals surface area contributed by atoms with Crippen LogP contribution in [0.2, 0.25) is 5.02 Å². The highest BCUT2D eigenvalue weighted by Crippen LogP contribution is 2.24. The third-order valence-electron chi connectivity index (χ3n) is 4.91. The van der Waals surface area contributed by atoms with Crippen LogP contribution >= 0.6 is 24.0 Å². The lowest BCUT2D eigenvalue weighted by atomic mass is 10.1. The maximum absolute atomic E-state index is 12.2. The molecule has 2 aromatic rings. The first-order valence-electron chi connectivity index (χ1n) is 8.57. The maximum Gasteiger partial charge on any atom is 0.255 e. The van der Waals surface area contributed by atoms with Gasteiger partial charge in [0.25, 0.3) is 5.91 Å². The molecule has 138 valence electrons. The van der Waals surface area contributed by atoms with Gasteiger partial charge in [0.05, 0.1) is 18.1 Å². The SMILES string of the molecule is Cl.O=C(Nc1cnc(N2CCN3CCC2CC3)nc1)c1ccc(Cl)cc1. The van der Waals surface area contributed by atoms with Crippen LogP contribution < -0.4 is 10.2 Å². The Kier molecular flexibility index (Phi) is 5.96. The minimum Gasteiger partial charge on any atom is -0.336 e. The molecular formula is C18H21Cl2N5O. The van der Waals surface area contributed by atoms with Crippen LogP contribution in [0.4, 0.5) is 11.6 Å². The molecule has 3 fully saturated rings. The van der Waals surface area contributed by atoms with Crippen molar-refractivity contribution in [1.82, 2.24) is 14.9 Å². The van der Waals surface area contributed by atoms with E-state index in [4.69, 9.17) is 11.6 Å². The maximum atomic E-state index is 12.2. The number of aromatic nitrogens is 2. The second-order valence-corrected chi connectivity index (χ2v) is 6.94. The molecule has 3 saturated heterocycles. The summed E-state index contributed by atoms with van der Waals surface area (Å²) in [4.78, 5) is 26.0. The molecule has 1 aromatic heterocycles. The molecule has 3 aliphatic heterocycles. The molecule has 26 heavy (non-hydrogen) atoms. The minimum absolute atomic E-state index is 0. The van der Waals surface area contributed by atoms with Gasteiger partial charge in [0.2, 0.25) is 5.95 Å². The zero-order valence-corrected chi connectivity index (χ0v) is 15.8. The lowest BCUT2D eigenvalue weighted by Crippen LogP contribution is -2.38. The Morgan fingerprint density at radius 2 is 1.69 bits per heavy atom. The van der Waals surface area contributed by atoms with E-state index < -0.39 is 0 Å². The van der Waals surface area contributed by atoms with Gasteiger partial charge >= 0.3 is 0 Å². The first kappa shape index (κ1) is 18.9. The summed E-state index contributed by atoms with van der Waals surface area (Å²) in [5, 5.41) is 3.42. The Hall–Kier alpha value is -1.89. The van der Waals surface area contributed by atoms with E-state index in [1.165, 1.54) is 12.8 Å². The van der Waals surface area contributed by atoms with Crippen LogP contribution in [0, 0.1) is 0 Å². The van der Waals surface area contributed by atoms with Crippen molar-refractivity contribution in [2.45, 2.75) is 18.9 Å². The summed E-state index contributed by atoms with van der Waals surface area (Å²) in [5.41, 5.74) is 1.14. The van der Waals surface area contributed by atoms with E-state index in [2.05, 4.69) is 25.1 Å². The molecule has 3 aliphatic rings. The lowest BCUT2D eigenvalue weighted by Gasteiger charge is -2.31. The summed E-state index contributed by atoms with van der Waals surface area (Å²) < 4.78 is 0. The van der Waals surface area contributed by atoms with Crippen molar-refractivity contribution in [2.75, 3.05) is 36.4 Å². The third-order valence-corrected chi connectivity index (χ3v) is 5.17. The standard InChI is InChI=1S/C18H20ClN5O.ClH/c19-14-3-1-13(2-4-14)17(25)22-15-11-20-18(21-12-15)24-10-9-23-7-5-16(24)6-8-23;/h1-4,11-12,16H,5-10H2,(H,22,25);1H. The Labute approximate surface area is 164 Å². The average Bonchev–Trinajstić information content (AvgIpc) is 2.97. The van der Waals surface area contributed by atoms with Crippen LogP contribution in [0.1, 0.15) is 23.2 Å². The average molecular weight is 394 g/mol. The minimum atomic E-state index is -0.200. The normalized spacial score (nSPS) is 21.7.